The van der Waals surface area contributed by atoms with Crippen LogP contribution in [0.1, 0.15) is 32.1 Å². The van der Waals surface area contributed by atoms with Gasteiger partial charge in [0.25, 0.3) is 0 Å². The summed E-state index contributed by atoms with van der Waals surface area (Å²) < 4.78 is 9.60. The van der Waals surface area contributed by atoms with Crippen molar-refractivity contribution in [2.24, 2.45) is 5.92 Å². The molecule has 4 heteroatoms. The predicted octanol–water partition coefficient (Wildman–Crippen LogP) is 2.47. The van der Waals surface area contributed by atoms with Crippen molar-refractivity contribution < 1.29 is 19.1 Å². The monoisotopic (exact) mass is 226 g/mol. The van der Waals surface area contributed by atoms with E-state index in [2.05, 4.69) is 4.74 Å². The molecule has 0 aromatic rings. The summed E-state index contributed by atoms with van der Waals surface area (Å²) in [6.45, 7) is 0. The van der Waals surface area contributed by atoms with E-state index >= 15 is 0 Å². The van der Waals surface area contributed by atoms with Crippen LogP contribution in [-0.2, 0) is 14.3 Å². The van der Waals surface area contributed by atoms with Crippen molar-refractivity contribution in [1.29, 1.82) is 0 Å². The Hall–Kier alpha value is -1.32. The van der Waals surface area contributed by atoms with Crippen LogP contribution >= 0.6 is 0 Å². The quantitative estimate of drug-likeness (QED) is 0.421. The van der Waals surface area contributed by atoms with Crippen molar-refractivity contribution in [1.82, 2.24) is 0 Å². The van der Waals surface area contributed by atoms with Gasteiger partial charge in [0, 0.05) is 12.3 Å². The molecule has 0 aliphatic heterocycles. The minimum Gasteiger partial charge on any atom is -0.438 e. The van der Waals surface area contributed by atoms with Crippen LogP contribution in [-0.4, -0.2) is 25.7 Å². The summed E-state index contributed by atoms with van der Waals surface area (Å²) in [5.74, 6) is 0.0770. The van der Waals surface area contributed by atoms with Crippen molar-refractivity contribution in [2.45, 2.75) is 38.2 Å². The number of aldehydes is 1. The van der Waals surface area contributed by atoms with E-state index in [1.807, 2.05) is 12.2 Å². The van der Waals surface area contributed by atoms with Crippen LogP contribution < -0.4 is 0 Å². The maximum Gasteiger partial charge on any atom is 0.508 e. The molecule has 2 unspecified atom stereocenters. The van der Waals surface area contributed by atoms with E-state index in [-0.39, 0.29) is 12.0 Å². The molecule has 16 heavy (non-hydrogen) atoms. The molecule has 1 aliphatic carbocycles. The molecule has 0 radical (unpaired) electrons. The van der Waals surface area contributed by atoms with Crippen LogP contribution in [0.3, 0.4) is 0 Å². The Bertz CT molecular complexity index is 260. The van der Waals surface area contributed by atoms with Crippen LogP contribution in [0, 0.1) is 5.92 Å². The van der Waals surface area contributed by atoms with Crippen molar-refractivity contribution >= 4 is 12.4 Å². The van der Waals surface area contributed by atoms with Gasteiger partial charge < -0.3 is 14.3 Å². The maximum atomic E-state index is 11.1. The summed E-state index contributed by atoms with van der Waals surface area (Å²) in [6.07, 6.45) is 8.23. The molecule has 0 spiro atoms. The Labute approximate surface area is 95.6 Å². The molecule has 0 heterocycles. The molecule has 1 rings (SSSR count). The summed E-state index contributed by atoms with van der Waals surface area (Å²) in [5.41, 5.74) is 0. The molecule has 0 saturated heterocycles. The fraction of sp³-hybridized carbons (Fsp3) is 0.667. The maximum absolute atomic E-state index is 11.1. The summed E-state index contributed by atoms with van der Waals surface area (Å²) in [7, 11) is 1.28. The summed E-state index contributed by atoms with van der Waals surface area (Å²) in [4.78, 5) is 21.6. The van der Waals surface area contributed by atoms with E-state index in [1.54, 1.807) is 0 Å². The van der Waals surface area contributed by atoms with E-state index in [0.29, 0.717) is 6.42 Å². The van der Waals surface area contributed by atoms with Gasteiger partial charge in [-0.3, -0.25) is 0 Å². The molecule has 0 aromatic heterocycles. The van der Waals surface area contributed by atoms with E-state index in [1.165, 1.54) is 7.11 Å². The number of rotatable bonds is 3. The van der Waals surface area contributed by atoms with Crippen LogP contribution in [0.2, 0.25) is 0 Å². The van der Waals surface area contributed by atoms with Crippen molar-refractivity contribution in [3.8, 4) is 0 Å². The van der Waals surface area contributed by atoms with Gasteiger partial charge in [-0.05, 0) is 25.3 Å². The lowest BCUT2D eigenvalue weighted by atomic mass is 9.90. The SMILES string of the molecule is COC(=O)OC1/C=C/CCCCC1CC=O. The first kappa shape index (κ1) is 12.7. The lowest BCUT2D eigenvalue weighted by Crippen LogP contribution is -2.26. The highest BCUT2D eigenvalue weighted by atomic mass is 16.7. The molecule has 0 aromatic carbocycles. The lowest BCUT2D eigenvalue weighted by Gasteiger charge is -2.23. The number of carbonyl (C=O) groups is 2. The van der Waals surface area contributed by atoms with Gasteiger partial charge >= 0.3 is 6.16 Å². The Balaban J connectivity index is 2.65. The van der Waals surface area contributed by atoms with E-state index in [0.717, 1.165) is 32.0 Å². The Kier molecular flexibility index (Phi) is 5.61. The van der Waals surface area contributed by atoms with Gasteiger partial charge in [-0.2, -0.15) is 0 Å². The summed E-state index contributed by atoms with van der Waals surface area (Å²) in [6, 6.07) is 0. The van der Waals surface area contributed by atoms with Gasteiger partial charge in [0.2, 0.25) is 0 Å². The molecule has 0 N–H and O–H groups in total. The zero-order chi connectivity index (χ0) is 11.8. The number of hydrogen-bond acceptors (Lipinski definition) is 4. The Morgan fingerprint density at radius 1 is 1.50 bits per heavy atom. The zero-order valence-electron chi connectivity index (χ0n) is 9.56. The topological polar surface area (TPSA) is 52.6 Å². The second-order valence-electron chi connectivity index (χ2n) is 3.91. The molecular weight excluding hydrogens is 208 g/mol. The third-order valence-electron chi connectivity index (χ3n) is 2.78. The van der Waals surface area contributed by atoms with Crippen LogP contribution in [0.25, 0.3) is 0 Å². The Morgan fingerprint density at radius 2 is 2.31 bits per heavy atom. The highest BCUT2D eigenvalue weighted by Crippen LogP contribution is 2.23. The number of allylic oxidation sites excluding steroid dienone is 1. The average Bonchev–Trinajstić information content (AvgIpc) is 2.27. The number of carbonyl (C=O) groups excluding carboxylic acids is 2. The number of methoxy groups -OCH3 is 1. The van der Waals surface area contributed by atoms with Gasteiger partial charge in [-0.25, -0.2) is 4.79 Å². The minimum absolute atomic E-state index is 0.0770. The van der Waals surface area contributed by atoms with Crippen molar-refractivity contribution in [3.05, 3.63) is 12.2 Å². The molecule has 0 amide bonds. The van der Waals surface area contributed by atoms with E-state index in [9.17, 15) is 9.59 Å². The highest BCUT2D eigenvalue weighted by Gasteiger charge is 2.23. The molecule has 90 valence electrons. The molecule has 0 fully saturated rings. The second kappa shape index (κ2) is 7.04. The Morgan fingerprint density at radius 3 is 3.00 bits per heavy atom. The van der Waals surface area contributed by atoms with Gasteiger partial charge in [0.15, 0.2) is 0 Å². The van der Waals surface area contributed by atoms with Gasteiger partial charge in [0.05, 0.1) is 7.11 Å². The molecule has 0 bridgehead atoms. The summed E-state index contributed by atoms with van der Waals surface area (Å²) in [5, 5.41) is 0. The zero-order valence-corrected chi connectivity index (χ0v) is 9.56. The van der Waals surface area contributed by atoms with Crippen molar-refractivity contribution in [2.75, 3.05) is 7.11 Å². The van der Waals surface area contributed by atoms with Crippen LogP contribution in [0.15, 0.2) is 12.2 Å². The lowest BCUT2D eigenvalue weighted by molar-refractivity contribution is -0.109. The van der Waals surface area contributed by atoms with Gasteiger partial charge in [0.1, 0.15) is 12.4 Å². The van der Waals surface area contributed by atoms with E-state index in [4.69, 9.17) is 4.74 Å². The van der Waals surface area contributed by atoms with Gasteiger partial charge in [-0.1, -0.05) is 12.5 Å². The first-order chi connectivity index (χ1) is 7.77. The predicted molar refractivity (Wildman–Crippen MR) is 59.1 cm³/mol. The second-order valence-corrected chi connectivity index (χ2v) is 3.91. The van der Waals surface area contributed by atoms with Gasteiger partial charge in [-0.15, -0.1) is 0 Å². The largest absolute Gasteiger partial charge is 0.508 e. The number of hydrogen-bond donors (Lipinski definition) is 0. The van der Waals surface area contributed by atoms with Crippen LogP contribution in [0.4, 0.5) is 4.79 Å². The molecule has 0 saturated carbocycles. The third-order valence-corrected chi connectivity index (χ3v) is 2.78. The first-order valence-corrected chi connectivity index (χ1v) is 5.63. The number of ether oxygens (including phenoxy) is 2. The fourth-order valence-corrected chi connectivity index (χ4v) is 1.89. The third kappa shape index (κ3) is 4.04. The molecular formula is C12H18O4. The van der Waals surface area contributed by atoms with Crippen molar-refractivity contribution in [3.63, 3.8) is 0 Å². The molecule has 1 aliphatic rings. The summed E-state index contributed by atoms with van der Waals surface area (Å²) >= 11 is 0. The normalized spacial score (nSPS) is 27.3. The standard InChI is InChI=1S/C12H18O4/c1-15-12(14)16-11-7-5-3-2-4-6-10(11)8-9-13/h5,7,9-11H,2-4,6,8H2,1H3/b7-5+. The molecule has 2 atom stereocenters. The first-order valence-electron chi connectivity index (χ1n) is 5.63. The van der Waals surface area contributed by atoms with Crippen LogP contribution in [0.5, 0.6) is 0 Å². The smallest absolute Gasteiger partial charge is 0.438 e. The average molecular weight is 226 g/mol. The highest BCUT2D eigenvalue weighted by molar-refractivity contribution is 5.60. The fourth-order valence-electron chi connectivity index (χ4n) is 1.89. The molecule has 4 nitrogen and oxygen atoms in total. The minimum atomic E-state index is -0.689. The van der Waals surface area contributed by atoms with E-state index < -0.39 is 6.16 Å².